The van der Waals surface area contributed by atoms with Crippen LogP contribution in [0.25, 0.3) is 6.08 Å². The van der Waals surface area contributed by atoms with Gasteiger partial charge >= 0.3 is 0 Å². The van der Waals surface area contributed by atoms with Crippen molar-refractivity contribution in [3.8, 4) is 5.75 Å². The maximum Gasteiger partial charge on any atom is 0.264 e. The lowest BCUT2D eigenvalue weighted by Gasteiger charge is -2.09. The van der Waals surface area contributed by atoms with Crippen LogP contribution in [-0.4, -0.2) is 36.7 Å². The molecule has 0 atom stereocenters. The molecule has 1 aromatic carbocycles. The molecule has 0 saturated heterocycles. The average molecular weight is 351 g/mol. The summed E-state index contributed by atoms with van der Waals surface area (Å²) in [5.74, 6) is -0.0360. The molecule has 0 fully saturated rings. The Balaban J connectivity index is 2.36. The largest absolute Gasteiger partial charge is 0.494 e. The highest BCUT2D eigenvalue weighted by atomic mass is 32.1. The molecule has 8 heteroatoms. The summed E-state index contributed by atoms with van der Waals surface area (Å²) in [6.07, 6.45) is 2.98. The lowest BCUT2D eigenvalue weighted by atomic mass is 10.2. The molecule has 3 N–H and O–H groups in total. The normalized spacial score (nSPS) is 10.2. The van der Waals surface area contributed by atoms with Crippen molar-refractivity contribution in [3.05, 3.63) is 35.9 Å². The van der Waals surface area contributed by atoms with E-state index < -0.39 is 11.8 Å². The molecule has 0 saturated carbocycles. The molecule has 0 aliphatic rings. The fraction of sp³-hybridized carbons (Fsp3) is 0.312. The first-order valence-corrected chi connectivity index (χ1v) is 7.84. The number of hydrogen-bond donors (Lipinski definition) is 3. The third kappa shape index (κ3) is 8.25. The summed E-state index contributed by atoms with van der Waals surface area (Å²) in [5, 5.41) is 2.39. The van der Waals surface area contributed by atoms with Crippen molar-refractivity contribution in [1.82, 2.24) is 16.2 Å². The van der Waals surface area contributed by atoms with Crippen LogP contribution >= 0.6 is 12.2 Å². The van der Waals surface area contributed by atoms with Crippen LogP contribution in [0.4, 0.5) is 0 Å². The van der Waals surface area contributed by atoms with Crippen LogP contribution < -0.4 is 20.9 Å². The number of benzene rings is 1. The number of rotatable bonds is 7. The van der Waals surface area contributed by atoms with Gasteiger partial charge in [0.25, 0.3) is 5.91 Å². The number of hydrazine groups is 1. The molecule has 130 valence electrons. The highest BCUT2D eigenvalue weighted by Crippen LogP contribution is 2.12. The molecule has 0 aliphatic heterocycles. The Kier molecular flexibility index (Phi) is 9.10. The second kappa shape index (κ2) is 11.1. The first-order valence-electron chi connectivity index (χ1n) is 7.43. The SMILES string of the molecule is CCOCC(=O)NNC(=S)NC(=O)/C=C/c1ccc(OCC)cc1. The van der Waals surface area contributed by atoms with Gasteiger partial charge in [0.1, 0.15) is 12.4 Å². The summed E-state index contributed by atoms with van der Waals surface area (Å²) in [4.78, 5) is 23.0. The van der Waals surface area contributed by atoms with Crippen molar-refractivity contribution in [2.24, 2.45) is 0 Å². The van der Waals surface area contributed by atoms with Crippen LogP contribution in [0.1, 0.15) is 19.4 Å². The zero-order valence-electron chi connectivity index (χ0n) is 13.6. The van der Waals surface area contributed by atoms with Gasteiger partial charge in [-0.05, 0) is 49.8 Å². The van der Waals surface area contributed by atoms with Gasteiger partial charge in [-0.2, -0.15) is 0 Å². The Bertz CT molecular complexity index is 587. The first-order chi connectivity index (χ1) is 11.5. The number of amides is 2. The predicted octanol–water partition coefficient (Wildman–Crippen LogP) is 1.16. The van der Waals surface area contributed by atoms with Gasteiger partial charge in [0, 0.05) is 12.7 Å². The maximum atomic E-state index is 11.7. The number of thiocarbonyl (C=S) groups is 1. The van der Waals surface area contributed by atoms with Gasteiger partial charge in [-0.1, -0.05) is 12.1 Å². The van der Waals surface area contributed by atoms with E-state index in [0.717, 1.165) is 11.3 Å². The number of carbonyl (C=O) groups is 2. The lowest BCUT2D eigenvalue weighted by Crippen LogP contribution is -2.49. The third-order valence-corrected chi connectivity index (χ3v) is 2.81. The highest BCUT2D eigenvalue weighted by Gasteiger charge is 2.03. The Morgan fingerprint density at radius 1 is 1.12 bits per heavy atom. The Morgan fingerprint density at radius 3 is 2.46 bits per heavy atom. The minimum Gasteiger partial charge on any atom is -0.494 e. The Morgan fingerprint density at radius 2 is 1.83 bits per heavy atom. The van der Waals surface area contributed by atoms with Crippen LogP contribution in [0.3, 0.4) is 0 Å². The molecule has 1 rings (SSSR count). The molecule has 1 aromatic rings. The summed E-state index contributed by atoms with van der Waals surface area (Å²) in [6, 6.07) is 7.31. The van der Waals surface area contributed by atoms with Gasteiger partial charge in [-0.3, -0.25) is 25.8 Å². The van der Waals surface area contributed by atoms with Crippen molar-refractivity contribution in [2.75, 3.05) is 19.8 Å². The highest BCUT2D eigenvalue weighted by molar-refractivity contribution is 7.80. The van der Waals surface area contributed by atoms with Crippen LogP contribution in [0.2, 0.25) is 0 Å². The molecule has 0 aliphatic carbocycles. The standard InChI is InChI=1S/C16H21N3O4S/c1-3-22-11-15(21)18-19-16(24)17-14(20)10-7-12-5-8-13(9-6-12)23-4-2/h5-10H,3-4,11H2,1-2H3,(H,18,21)(H2,17,19,20,24)/b10-7+. The summed E-state index contributed by atoms with van der Waals surface area (Å²) in [6.45, 7) is 4.64. The van der Waals surface area contributed by atoms with Gasteiger partial charge in [-0.25, -0.2) is 0 Å². The number of carbonyl (C=O) groups excluding carboxylic acids is 2. The predicted molar refractivity (Wildman–Crippen MR) is 95.2 cm³/mol. The fourth-order valence-electron chi connectivity index (χ4n) is 1.56. The molecule has 2 amide bonds. The molecule has 0 aromatic heterocycles. The van der Waals surface area contributed by atoms with E-state index in [2.05, 4.69) is 16.2 Å². The molecule has 7 nitrogen and oxygen atoms in total. The quantitative estimate of drug-likeness (QED) is 0.388. The van der Waals surface area contributed by atoms with Gasteiger partial charge in [0.05, 0.1) is 6.61 Å². The van der Waals surface area contributed by atoms with E-state index >= 15 is 0 Å². The molecular formula is C16H21N3O4S. The van der Waals surface area contributed by atoms with Crippen LogP contribution in [0, 0.1) is 0 Å². The second-order valence-electron chi connectivity index (χ2n) is 4.46. The van der Waals surface area contributed by atoms with E-state index in [-0.39, 0.29) is 11.7 Å². The second-order valence-corrected chi connectivity index (χ2v) is 4.87. The van der Waals surface area contributed by atoms with E-state index in [0.29, 0.717) is 13.2 Å². The summed E-state index contributed by atoms with van der Waals surface area (Å²) < 4.78 is 10.3. The number of hydrogen-bond acceptors (Lipinski definition) is 5. The average Bonchev–Trinajstić information content (AvgIpc) is 2.58. The summed E-state index contributed by atoms with van der Waals surface area (Å²) >= 11 is 4.89. The van der Waals surface area contributed by atoms with Crippen molar-refractivity contribution >= 4 is 35.2 Å². The van der Waals surface area contributed by atoms with Gasteiger partial charge in [0.15, 0.2) is 5.11 Å². The van der Waals surface area contributed by atoms with E-state index in [1.54, 1.807) is 13.0 Å². The number of nitrogens with one attached hydrogen (secondary N) is 3. The molecule has 0 unspecified atom stereocenters. The summed E-state index contributed by atoms with van der Waals surface area (Å²) in [7, 11) is 0. The maximum absolute atomic E-state index is 11.7. The van der Waals surface area contributed by atoms with Crippen molar-refractivity contribution in [3.63, 3.8) is 0 Å². The van der Waals surface area contributed by atoms with Crippen molar-refractivity contribution < 1.29 is 19.1 Å². The molecule has 0 bridgehead atoms. The minimum absolute atomic E-state index is 0.0128. The van der Waals surface area contributed by atoms with E-state index in [1.165, 1.54) is 6.08 Å². The van der Waals surface area contributed by atoms with Gasteiger partial charge < -0.3 is 9.47 Å². The zero-order valence-corrected chi connectivity index (χ0v) is 14.4. The van der Waals surface area contributed by atoms with Gasteiger partial charge in [0.2, 0.25) is 5.91 Å². The molecule has 0 spiro atoms. The van der Waals surface area contributed by atoms with E-state index in [1.807, 2.05) is 31.2 Å². The van der Waals surface area contributed by atoms with E-state index in [4.69, 9.17) is 21.7 Å². The van der Waals surface area contributed by atoms with Crippen LogP contribution in [0.5, 0.6) is 5.75 Å². The van der Waals surface area contributed by atoms with Crippen LogP contribution in [-0.2, 0) is 14.3 Å². The first kappa shape index (κ1) is 19.6. The van der Waals surface area contributed by atoms with Gasteiger partial charge in [-0.15, -0.1) is 0 Å². The topological polar surface area (TPSA) is 88.7 Å². The minimum atomic E-state index is -0.416. The number of ether oxygens (including phenoxy) is 2. The monoisotopic (exact) mass is 351 g/mol. The zero-order chi connectivity index (χ0) is 17.8. The molecular weight excluding hydrogens is 330 g/mol. The van der Waals surface area contributed by atoms with Crippen molar-refractivity contribution in [1.29, 1.82) is 0 Å². The van der Waals surface area contributed by atoms with Crippen LogP contribution in [0.15, 0.2) is 30.3 Å². The lowest BCUT2D eigenvalue weighted by molar-refractivity contribution is -0.126. The third-order valence-electron chi connectivity index (χ3n) is 2.61. The smallest absolute Gasteiger partial charge is 0.264 e. The fourth-order valence-corrected chi connectivity index (χ4v) is 1.71. The van der Waals surface area contributed by atoms with Crippen molar-refractivity contribution in [2.45, 2.75) is 13.8 Å². The van der Waals surface area contributed by atoms with E-state index in [9.17, 15) is 9.59 Å². The summed E-state index contributed by atoms with van der Waals surface area (Å²) in [5.41, 5.74) is 5.56. The Labute approximate surface area is 146 Å². The molecule has 24 heavy (non-hydrogen) atoms. The molecule has 0 radical (unpaired) electrons. The molecule has 0 heterocycles. The Hall–Kier alpha value is -2.45.